The summed E-state index contributed by atoms with van der Waals surface area (Å²) in [5, 5.41) is 25.1. The SMILES string of the molecule is CCCC(C)(C)c1nc(NCc2c(-c3ccc(O[C@H]4CCC[C@H](C(=O)O)C4)c(C)n3)nnn2C)no1. The van der Waals surface area contributed by atoms with Crippen LogP contribution in [-0.2, 0) is 23.8 Å². The van der Waals surface area contributed by atoms with E-state index >= 15 is 0 Å². The maximum atomic E-state index is 11.4. The lowest BCUT2D eigenvalue weighted by Crippen LogP contribution is -2.29. The Labute approximate surface area is 210 Å². The Balaban J connectivity index is 1.45. The topological polar surface area (TPSA) is 141 Å². The lowest BCUT2D eigenvalue weighted by Gasteiger charge is -2.27. The van der Waals surface area contributed by atoms with Crippen molar-refractivity contribution >= 4 is 11.9 Å². The first kappa shape index (κ1) is 25.6. The van der Waals surface area contributed by atoms with Crippen molar-refractivity contribution in [2.24, 2.45) is 13.0 Å². The van der Waals surface area contributed by atoms with Gasteiger partial charge in [0, 0.05) is 12.5 Å². The molecule has 0 aromatic carbocycles. The third-order valence-electron chi connectivity index (χ3n) is 6.79. The van der Waals surface area contributed by atoms with E-state index in [-0.39, 0.29) is 17.4 Å². The number of pyridine rings is 1. The summed E-state index contributed by atoms with van der Waals surface area (Å²) in [5.74, 6) is 0.586. The lowest BCUT2D eigenvalue weighted by atomic mass is 9.87. The maximum Gasteiger partial charge on any atom is 0.306 e. The molecule has 0 amide bonds. The minimum atomic E-state index is -0.751. The van der Waals surface area contributed by atoms with Crippen LogP contribution in [0.15, 0.2) is 16.7 Å². The zero-order chi connectivity index (χ0) is 25.9. The molecule has 3 heterocycles. The van der Waals surface area contributed by atoms with Crippen molar-refractivity contribution in [1.82, 2.24) is 30.1 Å². The Morgan fingerprint density at radius 1 is 1.31 bits per heavy atom. The molecule has 1 fully saturated rings. The highest BCUT2D eigenvalue weighted by Crippen LogP contribution is 2.31. The molecule has 1 saturated carbocycles. The van der Waals surface area contributed by atoms with E-state index in [0.717, 1.165) is 37.1 Å². The van der Waals surface area contributed by atoms with Gasteiger partial charge >= 0.3 is 5.97 Å². The van der Waals surface area contributed by atoms with E-state index in [1.54, 1.807) is 4.68 Å². The number of carboxylic acid groups (broad SMARTS) is 1. The summed E-state index contributed by atoms with van der Waals surface area (Å²) in [6.07, 6.45) is 4.78. The van der Waals surface area contributed by atoms with Crippen LogP contribution < -0.4 is 10.1 Å². The van der Waals surface area contributed by atoms with Crippen LogP contribution in [0.3, 0.4) is 0 Å². The summed E-state index contributed by atoms with van der Waals surface area (Å²) in [6.45, 7) is 8.59. The number of aromatic nitrogens is 6. The largest absolute Gasteiger partial charge is 0.489 e. The van der Waals surface area contributed by atoms with Crippen LogP contribution in [0, 0.1) is 12.8 Å². The van der Waals surface area contributed by atoms with Crippen LogP contribution in [0.1, 0.15) is 76.6 Å². The number of carbonyl (C=O) groups is 1. The Bertz CT molecular complexity index is 1200. The van der Waals surface area contributed by atoms with Gasteiger partial charge in [-0.3, -0.25) is 4.79 Å². The Hall–Kier alpha value is -3.50. The van der Waals surface area contributed by atoms with Crippen molar-refractivity contribution in [2.45, 2.75) is 84.3 Å². The second-order valence-corrected chi connectivity index (χ2v) is 10.1. The third kappa shape index (κ3) is 5.66. The van der Waals surface area contributed by atoms with Crippen LogP contribution >= 0.6 is 0 Å². The Morgan fingerprint density at radius 2 is 2.11 bits per heavy atom. The van der Waals surface area contributed by atoms with Gasteiger partial charge in [0.1, 0.15) is 11.4 Å². The van der Waals surface area contributed by atoms with Crippen LogP contribution in [0.2, 0.25) is 0 Å². The molecule has 0 spiro atoms. The van der Waals surface area contributed by atoms with Gasteiger partial charge in [-0.2, -0.15) is 4.98 Å². The molecule has 0 radical (unpaired) electrons. The Kier molecular flexibility index (Phi) is 7.56. The van der Waals surface area contributed by atoms with Gasteiger partial charge in [0.25, 0.3) is 5.95 Å². The number of ether oxygens (including phenoxy) is 1. The summed E-state index contributed by atoms with van der Waals surface area (Å²) in [6, 6.07) is 3.72. The minimum Gasteiger partial charge on any atom is -0.489 e. The molecule has 2 atom stereocenters. The molecule has 11 heteroatoms. The highest BCUT2D eigenvalue weighted by Gasteiger charge is 2.29. The molecule has 0 saturated heterocycles. The molecule has 36 heavy (non-hydrogen) atoms. The smallest absolute Gasteiger partial charge is 0.306 e. The predicted octanol–water partition coefficient (Wildman–Crippen LogP) is 4.28. The van der Waals surface area contributed by atoms with E-state index in [1.807, 2.05) is 26.1 Å². The monoisotopic (exact) mass is 497 g/mol. The molecular weight excluding hydrogens is 462 g/mol. The van der Waals surface area contributed by atoms with Gasteiger partial charge in [-0.15, -0.1) is 5.10 Å². The summed E-state index contributed by atoms with van der Waals surface area (Å²) < 4.78 is 13.3. The van der Waals surface area contributed by atoms with E-state index in [2.05, 4.69) is 46.5 Å². The fourth-order valence-electron chi connectivity index (χ4n) is 4.70. The number of nitrogens with one attached hydrogen (secondary N) is 1. The number of aryl methyl sites for hydroxylation is 2. The number of hydrogen-bond donors (Lipinski definition) is 2. The highest BCUT2D eigenvalue weighted by atomic mass is 16.5. The van der Waals surface area contributed by atoms with Crippen LogP contribution in [-0.4, -0.2) is 47.3 Å². The Morgan fingerprint density at radius 3 is 2.83 bits per heavy atom. The maximum absolute atomic E-state index is 11.4. The standard InChI is InChI=1S/C25H35N7O4/c1-6-12-25(3,4)23-28-24(30-36-23)26-14-19-21(29-31-32(19)5)18-10-11-20(15(2)27-18)35-17-9-7-8-16(13-17)22(33)34/h10-11,16-17H,6-9,12-14H2,1-5H3,(H,26,30)(H,33,34)/t16-,17-/m0/s1. The number of carboxylic acids is 1. The van der Waals surface area contributed by atoms with Crippen LogP contribution in [0.25, 0.3) is 11.4 Å². The number of aliphatic carboxylic acids is 1. The highest BCUT2D eigenvalue weighted by molar-refractivity contribution is 5.70. The van der Waals surface area contributed by atoms with Crippen LogP contribution in [0.5, 0.6) is 5.75 Å². The molecule has 4 rings (SSSR count). The fraction of sp³-hybridized carbons (Fsp3) is 0.600. The van der Waals surface area contributed by atoms with E-state index in [4.69, 9.17) is 14.2 Å². The molecule has 0 bridgehead atoms. The summed E-state index contributed by atoms with van der Waals surface area (Å²) in [7, 11) is 1.83. The first-order valence-corrected chi connectivity index (χ1v) is 12.5. The predicted molar refractivity (Wildman–Crippen MR) is 133 cm³/mol. The average Bonchev–Trinajstić information content (AvgIpc) is 3.46. The molecule has 3 aromatic rings. The molecule has 1 aliphatic rings. The van der Waals surface area contributed by atoms with E-state index in [0.29, 0.717) is 48.4 Å². The van der Waals surface area contributed by atoms with Gasteiger partial charge in [-0.25, -0.2) is 9.67 Å². The van der Waals surface area contributed by atoms with Gasteiger partial charge in [-0.05, 0) is 56.3 Å². The molecular formula is C25H35N7O4. The normalized spacial score (nSPS) is 18.2. The summed E-state index contributed by atoms with van der Waals surface area (Å²) in [4.78, 5) is 20.6. The summed E-state index contributed by atoms with van der Waals surface area (Å²) >= 11 is 0. The van der Waals surface area contributed by atoms with Crippen molar-refractivity contribution in [3.05, 3.63) is 29.4 Å². The molecule has 194 valence electrons. The second-order valence-electron chi connectivity index (χ2n) is 10.1. The molecule has 11 nitrogen and oxygen atoms in total. The quantitative estimate of drug-likeness (QED) is 0.417. The van der Waals surface area contributed by atoms with Crippen molar-refractivity contribution in [2.75, 3.05) is 5.32 Å². The van der Waals surface area contributed by atoms with Gasteiger partial charge < -0.3 is 19.7 Å². The van der Waals surface area contributed by atoms with Gasteiger partial charge in [0.15, 0.2) is 0 Å². The first-order chi connectivity index (χ1) is 17.2. The average molecular weight is 498 g/mol. The number of hydrogen-bond acceptors (Lipinski definition) is 9. The molecule has 3 aromatic heterocycles. The zero-order valence-corrected chi connectivity index (χ0v) is 21.6. The lowest BCUT2D eigenvalue weighted by molar-refractivity contribution is -0.143. The van der Waals surface area contributed by atoms with E-state index in [9.17, 15) is 9.90 Å². The van der Waals surface area contributed by atoms with Crippen molar-refractivity contribution in [3.8, 4) is 17.1 Å². The van der Waals surface area contributed by atoms with Gasteiger partial charge in [-0.1, -0.05) is 32.4 Å². The van der Waals surface area contributed by atoms with Gasteiger partial charge in [0.2, 0.25) is 5.89 Å². The first-order valence-electron chi connectivity index (χ1n) is 12.5. The third-order valence-corrected chi connectivity index (χ3v) is 6.79. The number of nitrogens with zero attached hydrogens (tertiary/aromatic N) is 6. The second kappa shape index (κ2) is 10.6. The van der Waals surface area contributed by atoms with Crippen molar-refractivity contribution in [3.63, 3.8) is 0 Å². The zero-order valence-electron chi connectivity index (χ0n) is 21.6. The molecule has 2 N–H and O–H groups in total. The fourth-order valence-corrected chi connectivity index (χ4v) is 4.70. The molecule has 0 unspecified atom stereocenters. The molecule has 0 aliphatic heterocycles. The van der Waals surface area contributed by atoms with E-state index in [1.165, 1.54) is 0 Å². The number of rotatable bonds is 10. The van der Waals surface area contributed by atoms with Crippen molar-refractivity contribution < 1.29 is 19.2 Å². The van der Waals surface area contributed by atoms with Gasteiger partial charge in [0.05, 0.1) is 35.6 Å². The minimum absolute atomic E-state index is 0.121. The van der Waals surface area contributed by atoms with Crippen molar-refractivity contribution in [1.29, 1.82) is 0 Å². The summed E-state index contributed by atoms with van der Waals surface area (Å²) in [5.41, 5.74) is 2.69. The molecule has 1 aliphatic carbocycles. The van der Waals surface area contributed by atoms with E-state index < -0.39 is 5.97 Å². The number of anilines is 1. The van der Waals surface area contributed by atoms with Crippen LogP contribution in [0.4, 0.5) is 5.95 Å².